The number of aromatic carboxylic acids is 1. The summed E-state index contributed by atoms with van der Waals surface area (Å²) in [6, 6.07) is 1.53. The summed E-state index contributed by atoms with van der Waals surface area (Å²) in [5.41, 5.74) is 0.723. The third-order valence-electron chi connectivity index (χ3n) is 5.07. The van der Waals surface area contributed by atoms with Gasteiger partial charge in [0.05, 0.1) is 17.6 Å². The predicted octanol–water partition coefficient (Wildman–Crippen LogP) is 1.98. The van der Waals surface area contributed by atoms with Crippen LogP contribution in [-0.4, -0.2) is 42.4 Å². The summed E-state index contributed by atoms with van der Waals surface area (Å²) >= 11 is 0. The SMILES string of the molecule is COCc1nc(Cn2c(=O)n(C3CCCCC3)c3ncc(C(=O)O)cc32)no1. The predicted molar refractivity (Wildman–Crippen MR) is 97.2 cm³/mol. The van der Waals surface area contributed by atoms with Crippen LogP contribution in [-0.2, 0) is 17.9 Å². The lowest BCUT2D eigenvalue weighted by molar-refractivity contribution is 0.0696. The fourth-order valence-corrected chi connectivity index (χ4v) is 3.77. The average Bonchev–Trinajstić information content (AvgIpc) is 3.25. The molecular formula is C18H21N5O5. The van der Waals surface area contributed by atoms with Crippen LogP contribution < -0.4 is 5.69 Å². The van der Waals surface area contributed by atoms with Crippen molar-refractivity contribution >= 4 is 17.1 Å². The molecule has 0 spiro atoms. The number of carboxylic acid groups (broad SMARTS) is 1. The van der Waals surface area contributed by atoms with Crippen LogP contribution in [0.3, 0.4) is 0 Å². The molecule has 0 bridgehead atoms. The van der Waals surface area contributed by atoms with E-state index in [0.29, 0.717) is 22.9 Å². The van der Waals surface area contributed by atoms with Crippen LogP contribution in [0.25, 0.3) is 11.2 Å². The number of rotatable bonds is 6. The minimum Gasteiger partial charge on any atom is -0.478 e. The van der Waals surface area contributed by atoms with Crippen LogP contribution in [0.15, 0.2) is 21.6 Å². The second-order valence-electron chi connectivity index (χ2n) is 6.94. The Labute approximate surface area is 159 Å². The van der Waals surface area contributed by atoms with Crippen molar-refractivity contribution in [2.45, 2.75) is 51.3 Å². The van der Waals surface area contributed by atoms with E-state index in [2.05, 4.69) is 15.1 Å². The zero-order chi connectivity index (χ0) is 19.7. The second kappa shape index (κ2) is 7.55. The highest BCUT2D eigenvalue weighted by atomic mass is 16.5. The highest BCUT2D eigenvalue weighted by molar-refractivity contribution is 5.91. The molecule has 3 heterocycles. The fraction of sp³-hybridized carbons (Fsp3) is 0.500. The number of carbonyl (C=O) groups is 1. The number of carboxylic acids is 1. The fourth-order valence-electron chi connectivity index (χ4n) is 3.77. The molecule has 0 aliphatic heterocycles. The molecule has 0 unspecified atom stereocenters. The highest BCUT2D eigenvalue weighted by Gasteiger charge is 2.25. The van der Waals surface area contributed by atoms with Crippen LogP contribution in [0.5, 0.6) is 0 Å². The molecule has 1 saturated carbocycles. The first-order valence-electron chi connectivity index (χ1n) is 9.23. The van der Waals surface area contributed by atoms with Gasteiger partial charge in [0.15, 0.2) is 11.5 Å². The number of fused-ring (bicyclic) bond motifs is 1. The number of imidazole rings is 1. The number of aromatic nitrogens is 5. The molecule has 148 valence electrons. The quantitative estimate of drug-likeness (QED) is 0.680. The molecule has 10 nitrogen and oxygen atoms in total. The molecule has 0 amide bonds. The van der Waals surface area contributed by atoms with Crippen molar-refractivity contribution in [2.24, 2.45) is 0 Å². The summed E-state index contributed by atoms with van der Waals surface area (Å²) in [5, 5.41) is 13.2. The minimum atomic E-state index is -1.10. The molecule has 1 aliphatic rings. The molecule has 3 aromatic rings. The summed E-state index contributed by atoms with van der Waals surface area (Å²) in [4.78, 5) is 33.2. The number of nitrogens with zero attached hydrogens (tertiary/aromatic N) is 5. The lowest BCUT2D eigenvalue weighted by atomic mass is 9.95. The standard InChI is InChI=1S/C18H21N5O5/c1-27-10-15-20-14(21-28-15)9-22-13-7-11(17(24)25)8-19-16(13)23(18(22)26)12-5-3-2-4-6-12/h7-8,12H,2-6,9-10H2,1H3,(H,24,25). The third-order valence-corrected chi connectivity index (χ3v) is 5.07. The minimum absolute atomic E-state index is 0.0234. The van der Waals surface area contributed by atoms with E-state index >= 15 is 0 Å². The molecule has 28 heavy (non-hydrogen) atoms. The van der Waals surface area contributed by atoms with Gasteiger partial charge in [-0.15, -0.1) is 0 Å². The summed E-state index contributed by atoms with van der Waals surface area (Å²) in [6.07, 6.45) is 6.37. The summed E-state index contributed by atoms with van der Waals surface area (Å²) in [6.45, 7) is 0.240. The smallest absolute Gasteiger partial charge is 0.337 e. The molecule has 10 heteroatoms. The van der Waals surface area contributed by atoms with Crippen molar-refractivity contribution in [1.29, 1.82) is 0 Å². The third kappa shape index (κ3) is 3.31. The largest absolute Gasteiger partial charge is 0.478 e. The van der Waals surface area contributed by atoms with E-state index in [4.69, 9.17) is 9.26 Å². The Balaban J connectivity index is 1.82. The van der Waals surface area contributed by atoms with Crippen LogP contribution in [0.1, 0.15) is 60.2 Å². The Hall–Kier alpha value is -3.01. The van der Waals surface area contributed by atoms with Crippen molar-refractivity contribution in [1.82, 2.24) is 24.3 Å². The van der Waals surface area contributed by atoms with Crippen LogP contribution in [0.4, 0.5) is 0 Å². The van der Waals surface area contributed by atoms with Gasteiger partial charge in [0.25, 0.3) is 5.89 Å². The van der Waals surface area contributed by atoms with Crippen LogP contribution in [0.2, 0.25) is 0 Å². The van der Waals surface area contributed by atoms with E-state index in [9.17, 15) is 14.7 Å². The first-order valence-corrected chi connectivity index (χ1v) is 9.23. The van der Waals surface area contributed by atoms with Crippen molar-refractivity contribution in [2.75, 3.05) is 7.11 Å². The van der Waals surface area contributed by atoms with E-state index in [-0.39, 0.29) is 30.4 Å². The Bertz CT molecular complexity index is 1060. The topological polar surface area (TPSA) is 125 Å². The monoisotopic (exact) mass is 387 g/mol. The van der Waals surface area contributed by atoms with Gasteiger partial charge < -0.3 is 14.4 Å². The van der Waals surface area contributed by atoms with Gasteiger partial charge >= 0.3 is 11.7 Å². The molecular weight excluding hydrogens is 366 g/mol. The molecule has 4 rings (SSSR count). The Morgan fingerprint density at radius 1 is 1.36 bits per heavy atom. The number of pyridine rings is 1. The van der Waals surface area contributed by atoms with E-state index in [1.807, 2.05) is 0 Å². The van der Waals surface area contributed by atoms with E-state index in [0.717, 1.165) is 32.1 Å². The van der Waals surface area contributed by atoms with Gasteiger partial charge in [0.2, 0.25) is 0 Å². The number of hydrogen-bond donors (Lipinski definition) is 1. The zero-order valence-electron chi connectivity index (χ0n) is 15.5. The van der Waals surface area contributed by atoms with Crippen molar-refractivity contribution in [3.8, 4) is 0 Å². The van der Waals surface area contributed by atoms with Gasteiger partial charge in [-0.2, -0.15) is 4.98 Å². The van der Waals surface area contributed by atoms with E-state index in [1.54, 1.807) is 4.57 Å². The van der Waals surface area contributed by atoms with Gasteiger partial charge in [-0.1, -0.05) is 24.4 Å². The van der Waals surface area contributed by atoms with Gasteiger partial charge in [-0.25, -0.2) is 14.6 Å². The van der Waals surface area contributed by atoms with E-state index in [1.165, 1.54) is 23.9 Å². The second-order valence-corrected chi connectivity index (χ2v) is 6.94. The maximum absolute atomic E-state index is 13.2. The average molecular weight is 387 g/mol. The number of hydrogen-bond acceptors (Lipinski definition) is 7. The maximum Gasteiger partial charge on any atom is 0.337 e. The number of methoxy groups -OCH3 is 1. The van der Waals surface area contributed by atoms with Gasteiger partial charge in [-0.05, 0) is 18.9 Å². The molecule has 0 atom stereocenters. The lowest BCUT2D eigenvalue weighted by Crippen LogP contribution is -2.29. The zero-order valence-corrected chi connectivity index (χ0v) is 15.5. The highest BCUT2D eigenvalue weighted by Crippen LogP contribution is 2.29. The van der Waals surface area contributed by atoms with Crippen LogP contribution in [0, 0.1) is 0 Å². The Morgan fingerprint density at radius 3 is 2.86 bits per heavy atom. The van der Waals surface area contributed by atoms with Crippen LogP contribution >= 0.6 is 0 Å². The van der Waals surface area contributed by atoms with E-state index < -0.39 is 5.97 Å². The molecule has 0 radical (unpaired) electrons. The van der Waals surface area contributed by atoms with Gasteiger partial charge in [-0.3, -0.25) is 9.13 Å². The Kier molecular flexibility index (Phi) is 4.95. The normalized spacial score (nSPS) is 15.3. The van der Waals surface area contributed by atoms with Crippen molar-refractivity contribution < 1.29 is 19.2 Å². The molecule has 1 N–H and O–H groups in total. The molecule has 1 fully saturated rings. The van der Waals surface area contributed by atoms with Crippen molar-refractivity contribution in [3.63, 3.8) is 0 Å². The summed E-state index contributed by atoms with van der Waals surface area (Å²) < 4.78 is 13.2. The number of ether oxygens (including phenoxy) is 1. The first-order chi connectivity index (χ1) is 13.6. The molecule has 0 saturated heterocycles. The summed E-state index contributed by atoms with van der Waals surface area (Å²) in [7, 11) is 1.52. The molecule has 3 aromatic heterocycles. The molecule has 0 aromatic carbocycles. The Morgan fingerprint density at radius 2 is 2.14 bits per heavy atom. The van der Waals surface area contributed by atoms with Gasteiger partial charge in [0, 0.05) is 19.3 Å². The van der Waals surface area contributed by atoms with Gasteiger partial charge in [0.1, 0.15) is 6.61 Å². The summed E-state index contributed by atoms with van der Waals surface area (Å²) in [5.74, 6) is -0.468. The first kappa shape index (κ1) is 18.4. The molecule has 1 aliphatic carbocycles. The maximum atomic E-state index is 13.2. The lowest BCUT2D eigenvalue weighted by Gasteiger charge is -2.22. The van der Waals surface area contributed by atoms with Crippen molar-refractivity contribution in [3.05, 3.63) is 40.0 Å².